The highest BCUT2D eigenvalue weighted by Crippen LogP contribution is 2.67. The first-order valence-electron chi connectivity index (χ1n) is 25.4. The van der Waals surface area contributed by atoms with Crippen molar-refractivity contribution in [2.45, 2.75) is 192 Å². The SMILES string of the molecule is CC[Si](CC)(CC)O[C@@H](C(=O)O[C@H]1C[C@@]2(O)[C@@H](OC(=O)c3ccccc3)[C@H]3[C@@](C)(CC[C@H]4OC[C@]43OC(C)=O)[C@@H]3O[C@H](CN4CC(F)C4)O[C@@H]3C(=C1C)C2(C)C)[C@@H](NC(=O)OC(C)(C)C)C1(C)COC1. The van der Waals surface area contributed by atoms with Crippen LogP contribution in [0.2, 0.25) is 18.1 Å². The highest BCUT2D eigenvalue weighted by atomic mass is 28.4. The van der Waals surface area contributed by atoms with Gasteiger partial charge in [0.1, 0.15) is 41.8 Å². The molecule has 0 radical (unpaired) electrons. The van der Waals surface area contributed by atoms with Crippen LogP contribution in [-0.4, -0.2) is 154 Å². The molecule has 1 aromatic carbocycles. The van der Waals surface area contributed by atoms with Crippen molar-refractivity contribution in [2.75, 3.05) is 39.5 Å². The number of hydrogen-bond donors (Lipinski definition) is 2. The number of carbonyl (C=O) groups excluding carboxylic acids is 4. The molecule has 2 bridgehead atoms. The number of ether oxygens (including phenoxy) is 8. The number of alkyl carbamates (subject to hydrolysis) is 1. The fraction of sp³-hybridized carbons (Fsp3) is 0.769. The third kappa shape index (κ3) is 9.16. The first kappa shape index (κ1) is 52.8. The van der Waals surface area contributed by atoms with E-state index in [1.165, 1.54) is 6.92 Å². The molecule has 18 heteroatoms. The highest BCUT2D eigenvalue weighted by molar-refractivity contribution is 6.73. The number of amides is 1. The quantitative estimate of drug-likeness (QED) is 0.0807. The zero-order valence-electron chi connectivity index (χ0n) is 43.2. The van der Waals surface area contributed by atoms with Gasteiger partial charge in [0.25, 0.3) is 0 Å². The maximum absolute atomic E-state index is 15.6. The summed E-state index contributed by atoms with van der Waals surface area (Å²) >= 11 is 0. The Labute approximate surface area is 413 Å². The number of esters is 3. The van der Waals surface area contributed by atoms with Crippen LogP contribution in [0, 0.1) is 22.2 Å². The Hall–Kier alpha value is -3.49. The number of alkyl halides is 1. The van der Waals surface area contributed by atoms with E-state index in [9.17, 15) is 23.9 Å². The van der Waals surface area contributed by atoms with Crippen molar-refractivity contribution < 1.29 is 71.0 Å². The fourth-order valence-corrected chi connectivity index (χ4v) is 15.8. The summed E-state index contributed by atoms with van der Waals surface area (Å²) in [6.07, 6.45) is -8.05. The zero-order valence-corrected chi connectivity index (χ0v) is 44.2. The van der Waals surface area contributed by atoms with Crippen LogP contribution in [0.3, 0.4) is 0 Å². The van der Waals surface area contributed by atoms with Gasteiger partial charge in [0.2, 0.25) is 0 Å². The summed E-state index contributed by atoms with van der Waals surface area (Å²) in [5.74, 6) is -3.00. The number of likely N-dealkylation sites (tertiary alicyclic amines) is 1. The van der Waals surface area contributed by atoms with Gasteiger partial charge in [0.15, 0.2) is 26.3 Å². The maximum atomic E-state index is 15.6. The van der Waals surface area contributed by atoms with Crippen LogP contribution < -0.4 is 5.32 Å². The van der Waals surface area contributed by atoms with Gasteiger partial charge in [0, 0.05) is 49.2 Å². The molecule has 6 fully saturated rings. The van der Waals surface area contributed by atoms with E-state index >= 15 is 4.79 Å². The smallest absolute Gasteiger partial charge is 0.407 e. The molecule has 70 heavy (non-hydrogen) atoms. The van der Waals surface area contributed by atoms with E-state index in [1.54, 1.807) is 51.1 Å². The minimum Gasteiger partial charge on any atom is -0.456 e. The third-order valence-electron chi connectivity index (χ3n) is 17.3. The van der Waals surface area contributed by atoms with E-state index in [4.69, 9.17) is 42.3 Å². The summed E-state index contributed by atoms with van der Waals surface area (Å²) < 4.78 is 73.3. The van der Waals surface area contributed by atoms with Crippen molar-refractivity contribution in [3.8, 4) is 0 Å². The molecule has 0 spiro atoms. The number of halogens is 1. The van der Waals surface area contributed by atoms with Crippen molar-refractivity contribution >= 4 is 32.3 Å². The molecular formula is C52H77FN2O14Si. The Morgan fingerprint density at radius 2 is 1.63 bits per heavy atom. The molecule has 1 amide bonds. The van der Waals surface area contributed by atoms with Gasteiger partial charge in [-0.1, -0.05) is 66.7 Å². The Morgan fingerprint density at radius 3 is 2.17 bits per heavy atom. The molecule has 16 nitrogen and oxygen atoms in total. The third-order valence-corrected chi connectivity index (χ3v) is 21.9. The zero-order chi connectivity index (χ0) is 51.0. The van der Waals surface area contributed by atoms with Crippen molar-refractivity contribution in [1.82, 2.24) is 10.2 Å². The second kappa shape index (κ2) is 19.1. The average molecular weight is 1000 g/mol. The van der Waals surface area contributed by atoms with Gasteiger partial charge in [-0.3, -0.25) is 9.69 Å². The predicted octanol–water partition coefficient (Wildman–Crippen LogP) is 6.82. The number of aliphatic hydroxyl groups is 1. The van der Waals surface area contributed by atoms with Crippen molar-refractivity contribution in [3.05, 3.63) is 47.0 Å². The van der Waals surface area contributed by atoms with E-state index in [0.29, 0.717) is 42.1 Å². The minimum absolute atomic E-state index is 0.0354. The molecule has 1 aromatic rings. The van der Waals surface area contributed by atoms with Gasteiger partial charge < -0.3 is 52.7 Å². The topological polar surface area (TPSA) is 187 Å². The number of fused-ring (bicyclic) bond motifs is 8. The number of nitrogens with zero attached hydrogens (tertiary/aromatic N) is 1. The van der Waals surface area contributed by atoms with Crippen molar-refractivity contribution in [2.24, 2.45) is 22.2 Å². The van der Waals surface area contributed by atoms with Crippen molar-refractivity contribution in [3.63, 3.8) is 0 Å². The van der Waals surface area contributed by atoms with Gasteiger partial charge in [-0.2, -0.15) is 0 Å². The second-order valence-electron chi connectivity index (χ2n) is 23.2. The Kier molecular flexibility index (Phi) is 14.4. The second-order valence-corrected chi connectivity index (χ2v) is 28.0. The molecule has 4 aliphatic heterocycles. The predicted molar refractivity (Wildman–Crippen MR) is 256 cm³/mol. The summed E-state index contributed by atoms with van der Waals surface area (Å²) in [6.45, 7) is 23.5. The number of nitrogens with one attached hydrogen (secondary N) is 1. The van der Waals surface area contributed by atoms with Crippen LogP contribution in [0.5, 0.6) is 0 Å². The average Bonchev–Trinajstić information content (AvgIpc) is 3.68. The van der Waals surface area contributed by atoms with Gasteiger partial charge >= 0.3 is 24.0 Å². The number of hydrogen-bond acceptors (Lipinski definition) is 15. The van der Waals surface area contributed by atoms with E-state index in [2.05, 4.69) is 26.1 Å². The number of carbonyl (C=O) groups is 4. The maximum Gasteiger partial charge on any atom is 0.407 e. The fourth-order valence-electron chi connectivity index (χ4n) is 13.0. The monoisotopic (exact) mass is 1000 g/mol. The van der Waals surface area contributed by atoms with Gasteiger partial charge in [-0.05, 0) is 81.9 Å². The molecule has 0 aromatic heterocycles. The largest absolute Gasteiger partial charge is 0.456 e. The van der Waals surface area contributed by atoms with E-state index in [-0.39, 0.29) is 51.4 Å². The van der Waals surface area contributed by atoms with Crippen LogP contribution in [0.4, 0.5) is 9.18 Å². The molecule has 390 valence electrons. The lowest BCUT2D eigenvalue weighted by Gasteiger charge is -2.68. The van der Waals surface area contributed by atoms with Crippen LogP contribution in [-0.2, 0) is 51.9 Å². The molecule has 7 aliphatic rings. The van der Waals surface area contributed by atoms with E-state index < -0.39 is 126 Å². The molecule has 2 N–H and O–H groups in total. The molecule has 0 unspecified atom stereocenters. The van der Waals surface area contributed by atoms with Gasteiger partial charge in [0.05, 0.1) is 43.4 Å². The van der Waals surface area contributed by atoms with Crippen LogP contribution in [0.25, 0.3) is 0 Å². The summed E-state index contributed by atoms with van der Waals surface area (Å²) in [7, 11) is -2.66. The summed E-state index contributed by atoms with van der Waals surface area (Å²) in [5, 5.41) is 17.3. The lowest BCUT2D eigenvalue weighted by atomic mass is 9.45. The highest BCUT2D eigenvalue weighted by Gasteiger charge is 2.77. The molecule has 8 rings (SSSR count). The first-order chi connectivity index (χ1) is 32.8. The first-order valence-corrected chi connectivity index (χ1v) is 28.0. The molecular weight excluding hydrogens is 924 g/mol. The number of benzene rings is 1. The normalized spacial score (nSPS) is 35.4. The van der Waals surface area contributed by atoms with Gasteiger partial charge in [-0.25, -0.2) is 18.8 Å². The number of rotatable bonds is 15. The minimum atomic E-state index is -2.66. The summed E-state index contributed by atoms with van der Waals surface area (Å²) in [6, 6.07) is 9.59. The van der Waals surface area contributed by atoms with Crippen molar-refractivity contribution in [1.29, 1.82) is 0 Å². The molecule has 4 heterocycles. The molecule has 3 aliphatic carbocycles. The lowest BCUT2D eigenvalue weighted by molar-refractivity contribution is -0.345. The Morgan fingerprint density at radius 1 is 0.971 bits per heavy atom. The molecule has 4 saturated heterocycles. The van der Waals surface area contributed by atoms with Gasteiger partial charge in [-0.15, -0.1) is 0 Å². The lowest BCUT2D eigenvalue weighted by Crippen LogP contribution is -2.79. The van der Waals surface area contributed by atoms with E-state index in [0.717, 1.165) is 0 Å². The Bertz CT molecular complexity index is 2170. The van der Waals surface area contributed by atoms with E-state index in [1.807, 2.05) is 39.5 Å². The van der Waals surface area contributed by atoms with Crippen LogP contribution in [0.15, 0.2) is 41.5 Å². The standard InChI is InChI=1S/C52H77FN2O14Si/c1-13-70(14-2,15-3)69-39(41(49(11)27-61-28-49)54-46(59)68-47(6,7)8)45(58)63-34-23-52(60)43(66-44(57)32-19-17-16-18-20-32)40-50(12,22-21-35-51(40,29-62-35)67-31(5)56)42-38(37(30(34)4)48(52,9)10)64-36(65-42)26-55-24-33(53)25-55/h16-20,33-36,38-43,60H,13-15,21-29H2,1-12H3,(H,54,59)/t34-,35+,36+,38+,39+,40-,41+,42+,43-,50+,51-,52+/m0/s1. The van der Waals surface area contributed by atoms with Crippen LogP contribution >= 0.6 is 0 Å². The molecule has 2 saturated carbocycles. The summed E-state index contributed by atoms with van der Waals surface area (Å²) in [5.41, 5.74) is -5.91. The summed E-state index contributed by atoms with van der Waals surface area (Å²) in [4.78, 5) is 59.2. The Balaban J connectivity index is 1.29. The molecule has 12 atom stereocenters. The van der Waals surface area contributed by atoms with Crippen LogP contribution in [0.1, 0.15) is 113 Å².